The topological polar surface area (TPSA) is 84.1 Å². The van der Waals surface area contributed by atoms with Crippen molar-refractivity contribution in [3.8, 4) is 0 Å². The molecule has 0 unspecified atom stereocenters. The average Bonchev–Trinajstić information content (AvgIpc) is 2.28. The van der Waals surface area contributed by atoms with Crippen LogP contribution in [0.2, 0.25) is 5.15 Å². The van der Waals surface area contributed by atoms with Crippen LogP contribution in [0.15, 0.2) is 30.3 Å². The standard InChI is InChI=1S/C11H11ClN4O/c12-9-5-10(16-11(13)15-9)14-8-3-1-7(6-17)2-4-8/h1-5,17H,6H2,(H3,13,14,15,16). The van der Waals surface area contributed by atoms with E-state index in [1.54, 1.807) is 6.07 Å². The fraction of sp³-hybridized carbons (Fsp3) is 0.0909. The van der Waals surface area contributed by atoms with Crippen LogP contribution in [0.5, 0.6) is 0 Å². The molecule has 0 aliphatic carbocycles. The highest BCUT2D eigenvalue weighted by Gasteiger charge is 2.01. The van der Waals surface area contributed by atoms with Crippen LogP contribution >= 0.6 is 11.6 Å². The third kappa shape index (κ3) is 3.05. The molecule has 5 nitrogen and oxygen atoms in total. The van der Waals surface area contributed by atoms with E-state index in [0.717, 1.165) is 11.3 Å². The monoisotopic (exact) mass is 250 g/mol. The van der Waals surface area contributed by atoms with Gasteiger partial charge in [0.15, 0.2) is 0 Å². The van der Waals surface area contributed by atoms with Gasteiger partial charge in [0, 0.05) is 11.8 Å². The quantitative estimate of drug-likeness (QED) is 0.725. The summed E-state index contributed by atoms with van der Waals surface area (Å²) >= 11 is 5.76. The highest BCUT2D eigenvalue weighted by atomic mass is 35.5. The first kappa shape index (κ1) is 11.6. The number of halogens is 1. The van der Waals surface area contributed by atoms with Crippen molar-refractivity contribution in [2.24, 2.45) is 0 Å². The van der Waals surface area contributed by atoms with Gasteiger partial charge in [-0.15, -0.1) is 0 Å². The number of aliphatic hydroxyl groups excluding tert-OH is 1. The molecule has 0 aliphatic heterocycles. The number of hydrogen-bond donors (Lipinski definition) is 3. The molecule has 0 amide bonds. The maximum Gasteiger partial charge on any atom is 0.223 e. The van der Waals surface area contributed by atoms with E-state index in [9.17, 15) is 0 Å². The lowest BCUT2D eigenvalue weighted by Gasteiger charge is -2.06. The molecule has 1 aromatic carbocycles. The van der Waals surface area contributed by atoms with E-state index in [-0.39, 0.29) is 17.7 Å². The van der Waals surface area contributed by atoms with E-state index in [1.165, 1.54) is 0 Å². The van der Waals surface area contributed by atoms with Crippen LogP contribution in [0.3, 0.4) is 0 Å². The van der Waals surface area contributed by atoms with Gasteiger partial charge in [-0.05, 0) is 17.7 Å². The van der Waals surface area contributed by atoms with Crippen molar-refractivity contribution in [3.05, 3.63) is 41.0 Å². The van der Waals surface area contributed by atoms with Gasteiger partial charge < -0.3 is 16.2 Å². The fourth-order valence-electron chi connectivity index (χ4n) is 1.34. The van der Waals surface area contributed by atoms with E-state index in [0.29, 0.717) is 5.82 Å². The van der Waals surface area contributed by atoms with E-state index < -0.39 is 0 Å². The average molecular weight is 251 g/mol. The molecule has 0 fully saturated rings. The Morgan fingerprint density at radius 1 is 1.24 bits per heavy atom. The van der Waals surface area contributed by atoms with Crippen LogP contribution in [0, 0.1) is 0 Å². The SMILES string of the molecule is Nc1nc(Cl)cc(Nc2ccc(CO)cc2)n1. The summed E-state index contributed by atoms with van der Waals surface area (Å²) in [6.07, 6.45) is 0. The molecule has 1 aromatic heterocycles. The third-order valence-corrected chi connectivity index (χ3v) is 2.31. The minimum atomic E-state index is 0.0204. The van der Waals surface area contributed by atoms with Gasteiger partial charge in [0.25, 0.3) is 0 Å². The number of aliphatic hydroxyl groups is 1. The van der Waals surface area contributed by atoms with Crippen molar-refractivity contribution in [1.82, 2.24) is 9.97 Å². The zero-order valence-electron chi connectivity index (χ0n) is 8.89. The van der Waals surface area contributed by atoms with Crippen molar-refractivity contribution in [2.75, 3.05) is 11.1 Å². The van der Waals surface area contributed by atoms with Crippen LogP contribution in [-0.4, -0.2) is 15.1 Å². The van der Waals surface area contributed by atoms with Crippen LogP contribution in [0.4, 0.5) is 17.5 Å². The first-order valence-electron chi connectivity index (χ1n) is 4.94. The van der Waals surface area contributed by atoms with Crippen molar-refractivity contribution < 1.29 is 5.11 Å². The molecule has 2 rings (SSSR count). The normalized spacial score (nSPS) is 10.2. The second kappa shape index (κ2) is 4.99. The minimum absolute atomic E-state index is 0.0204. The van der Waals surface area contributed by atoms with Crippen LogP contribution in [-0.2, 0) is 6.61 Å². The maximum absolute atomic E-state index is 8.92. The lowest BCUT2D eigenvalue weighted by molar-refractivity contribution is 0.282. The molecular weight excluding hydrogens is 240 g/mol. The number of aromatic nitrogens is 2. The lowest BCUT2D eigenvalue weighted by Crippen LogP contribution is -2.00. The van der Waals surface area contributed by atoms with Crippen LogP contribution in [0.1, 0.15) is 5.56 Å². The molecule has 88 valence electrons. The molecule has 4 N–H and O–H groups in total. The predicted octanol–water partition coefficient (Wildman–Crippen LogP) is 1.95. The van der Waals surface area contributed by atoms with Gasteiger partial charge in [-0.2, -0.15) is 4.98 Å². The largest absolute Gasteiger partial charge is 0.392 e. The van der Waals surface area contributed by atoms with Gasteiger partial charge >= 0.3 is 0 Å². The molecule has 0 bridgehead atoms. The van der Waals surface area contributed by atoms with Crippen molar-refractivity contribution in [1.29, 1.82) is 0 Å². The molecule has 0 radical (unpaired) electrons. The predicted molar refractivity (Wildman–Crippen MR) is 67.1 cm³/mol. The second-order valence-electron chi connectivity index (χ2n) is 3.41. The smallest absolute Gasteiger partial charge is 0.223 e. The molecule has 0 atom stereocenters. The van der Waals surface area contributed by atoms with Crippen molar-refractivity contribution in [2.45, 2.75) is 6.61 Å². The highest BCUT2D eigenvalue weighted by Crippen LogP contribution is 2.18. The summed E-state index contributed by atoms with van der Waals surface area (Å²) < 4.78 is 0. The number of nitrogens with zero attached hydrogens (tertiary/aromatic N) is 2. The van der Waals surface area contributed by atoms with Crippen LogP contribution < -0.4 is 11.1 Å². The Kier molecular flexibility index (Phi) is 3.41. The van der Waals surface area contributed by atoms with E-state index in [4.69, 9.17) is 22.4 Å². The molecule has 1 heterocycles. The van der Waals surface area contributed by atoms with E-state index >= 15 is 0 Å². The lowest BCUT2D eigenvalue weighted by atomic mass is 10.2. The van der Waals surface area contributed by atoms with Crippen molar-refractivity contribution in [3.63, 3.8) is 0 Å². The highest BCUT2D eigenvalue weighted by molar-refractivity contribution is 6.29. The second-order valence-corrected chi connectivity index (χ2v) is 3.80. The van der Waals surface area contributed by atoms with Gasteiger partial charge in [-0.3, -0.25) is 0 Å². The Morgan fingerprint density at radius 3 is 2.53 bits per heavy atom. The molecule has 2 aromatic rings. The summed E-state index contributed by atoms with van der Waals surface area (Å²) in [6, 6.07) is 8.87. The van der Waals surface area contributed by atoms with Gasteiger partial charge in [-0.1, -0.05) is 23.7 Å². The fourth-order valence-corrected chi connectivity index (χ4v) is 1.53. The summed E-state index contributed by atoms with van der Waals surface area (Å²) in [6.45, 7) is 0.0204. The summed E-state index contributed by atoms with van der Waals surface area (Å²) in [5.41, 5.74) is 7.15. The number of hydrogen-bond acceptors (Lipinski definition) is 5. The van der Waals surface area contributed by atoms with Gasteiger partial charge in [0.05, 0.1) is 6.61 Å². The summed E-state index contributed by atoms with van der Waals surface area (Å²) in [7, 11) is 0. The number of nitrogens with one attached hydrogen (secondary N) is 1. The Morgan fingerprint density at radius 2 is 1.94 bits per heavy atom. The molecule has 6 heteroatoms. The molecule has 0 saturated heterocycles. The van der Waals surface area contributed by atoms with Gasteiger partial charge in [-0.25, -0.2) is 4.98 Å². The first-order chi connectivity index (χ1) is 8.17. The Hall–Kier alpha value is -1.85. The Labute approximate surface area is 103 Å². The summed E-state index contributed by atoms with van der Waals surface area (Å²) in [5.74, 6) is 0.645. The molecule has 0 aliphatic rings. The summed E-state index contributed by atoms with van der Waals surface area (Å²) in [5, 5.41) is 12.2. The first-order valence-corrected chi connectivity index (χ1v) is 5.32. The van der Waals surface area contributed by atoms with Gasteiger partial charge in [0.2, 0.25) is 5.95 Å². The Bertz CT molecular complexity index is 495. The molecule has 0 spiro atoms. The molecule has 0 saturated carbocycles. The zero-order chi connectivity index (χ0) is 12.3. The summed E-state index contributed by atoms with van der Waals surface area (Å²) in [4.78, 5) is 7.76. The zero-order valence-corrected chi connectivity index (χ0v) is 9.65. The number of benzene rings is 1. The number of nitrogen functional groups attached to an aromatic ring is 1. The maximum atomic E-state index is 8.92. The Balaban J connectivity index is 2.19. The number of rotatable bonds is 3. The number of anilines is 3. The molecular formula is C11H11ClN4O. The minimum Gasteiger partial charge on any atom is -0.392 e. The van der Waals surface area contributed by atoms with Gasteiger partial charge in [0.1, 0.15) is 11.0 Å². The third-order valence-electron chi connectivity index (χ3n) is 2.12. The van der Waals surface area contributed by atoms with E-state index in [2.05, 4.69) is 15.3 Å². The van der Waals surface area contributed by atoms with E-state index in [1.807, 2.05) is 24.3 Å². The van der Waals surface area contributed by atoms with Crippen molar-refractivity contribution >= 4 is 29.1 Å². The number of nitrogens with two attached hydrogens (primary N) is 1. The molecule has 17 heavy (non-hydrogen) atoms. The van der Waals surface area contributed by atoms with Crippen LogP contribution in [0.25, 0.3) is 0 Å².